The summed E-state index contributed by atoms with van der Waals surface area (Å²) in [4.78, 5) is 39.8. The van der Waals surface area contributed by atoms with Gasteiger partial charge in [0.25, 0.3) is 11.8 Å². The number of hydrogen-bond donors (Lipinski definition) is 2. The highest BCUT2D eigenvalue weighted by Gasteiger charge is 2.42. The number of carbonyl (C=O) groups excluding carboxylic acids is 3. The minimum atomic E-state index is -0.830. The molecule has 0 saturated carbocycles. The maximum atomic E-state index is 13.8. The van der Waals surface area contributed by atoms with Crippen molar-refractivity contribution in [1.29, 1.82) is 0 Å². The summed E-state index contributed by atoms with van der Waals surface area (Å²) >= 11 is 0. The standard InChI is InChI=1S/C21H23F2N3O5/c1-12-5-6-31-18-10-25(19(13(2)28)21(30)26(12)18)9-15(11-27)20(29)24-8-14-3-4-16(22)7-17(14)23/h3-4,7,9,11-12,18,28H,5-6,8,10H2,1-2H3,(H,24,29)/b15-9+,19-13+/t12-,18?/m1/s1. The van der Waals surface area contributed by atoms with Gasteiger partial charge in [0.15, 0.2) is 12.5 Å². The smallest absolute Gasteiger partial charge is 0.276 e. The molecular weight excluding hydrogens is 412 g/mol. The van der Waals surface area contributed by atoms with Crippen LogP contribution in [0, 0.1) is 11.6 Å². The fraction of sp³-hybridized carbons (Fsp3) is 0.381. The highest BCUT2D eigenvalue weighted by Crippen LogP contribution is 2.29. The molecule has 0 aromatic heterocycles. The molecule has 0 aliphatic carbocycles. The Kier molecular flexibility index (Phi) is 6.69. The molecule has 0 bridgehead atoms. The third-order valence-electron chi connectivity index (χ3n) is 5.19. The second kappa shape index (κ2) is 9.25. The lowest BCUT2D eigenvalue weighted by atomic mass is 10.1. The predicted octanol–water partition coefficient (Wildman–Crippen LogP) is 1.73. The fourth-order valence-electron chi connectivity index (χ4n) is 3.59. The minimum absolute atomic E-state index is 0.0418. The van der Waals surface area contributed by atoms with Crippen LogP contribution >= 0.6 is 0 Å². The van der Waals surface area contributed by atoms with Gasteiger partial charge in [0.1, 0.15) is 23.1 Å². The lowest BCUT2D eigenvalue weighted by molar-refractivity contribution is -0.170. The third kappa shape index (κ3) is 4.74. The minimum Gasteiger partial charge on any atom is -0.510 e. The van der Waals surface area contributed by atoms with E-state index in [2.05, 4.69) is 5.32 Å². The van der Waals surface area contributed by atoms with Crippen LogP contribution in [0.2, 0.25) is 0 Å². The number of ether oxygens (including phenoxy) is 1. The molecule has 31 heavy (non-hydrogen) atoms. The zero-order chi connectivity index (χ0) is 22.7. The number of nitrogens with one attached hydrogen (secondary N) is 1. The monoisotopic (exact) mass is 435 g/mol. The van der Waals surface area contributed by atoms with E-state index in [1.54, 1.807) is 0 Å². The molecular formula is C21H23F2N3O5. The van der Waals surface area contributed by atoms with Gasteiger partial charge < -0.3 is 25.0 Å². The second-order valence-electron chi connectivity index (χ2n) is 7.38. The van der Waals surface area contributed by atoms with E-state index in [1.807, 2.05) is 6.92 Å². The van der Waals surface area contributed by atoms with Gasteiger partial charge in [0.2, 0.25) is 0 Å². The third-order valence-corrected chi connectivity index (χ3v) is 5.19. The average molecular weight is 435 g/mol. The van der Waals surface area contributed by atoms with Crippen molar-refractivity contribution < 1.29 is 33.0 Å². The number of halogens is 2. The number of aliphatic hydroxyl groups is 1. The molecule has 10 heteroatoms. The molecule has 2 amide bonds. The van der Waals surface area contributed by atoms with Crippen LogP contribution in [0.3, 0.4) is 0 Å². The Morgan fingerprint density at radius 2 is 2.13 bits per heavy atom. The first kappa shape index (κ1) is 22.4. The number of amides is 2. The van der Waals surface area contributed by atoms with E-state index in [9.17, 15) is 28.3 Å². The van der Waals surface area contributed by atoms with E-state index >= 15 is 0 Å². The van der Waals surface area contributed by atoms with E-state index < -0.39 is 29.7 Å². The molecule has 2 heterocycles. The first-order valence-electron chi connectivity index (χ1n) is 9.72. The number of aliphatic hydroxyl groups excluding tert-OH is 1. The topological polar surface area (TPSA) is 99.2 Å². The van der Waals surface area contributed by atoms with E-state index in [0.717, 1.165) is 12.3 Å². The summed E-state index contributed by atoms with van der Waals surface area (Å²) in [6, 6.07) is 2.84. The number of nitrogens with zero attached hydrogens (tertiary/aromatic N) is 2. The van der Waals surface area contributed by atoms with E-state index in [-0.39, 0.29) is 41.7 Å². The van der Waals surface area contributed by atoms with Gasteiger partial charge in [0, 0.05) is 30.4 Å². The van der Waals surface area contributed by atoms with Crippen molar-refractivity contribution >= 4 is 18.1 Å². The number of hydrogen-bond acceptors (Lipinski definition) is 6. The molecule has 0 radical (unpaired) electrons. The lowest BCUT2D eigenvalue weighted by Gasteiger charge is -2.47. The number of aldehydes is 1. The van der Waals surface area contributed by atoms with Crippen LogP contribution in [0.15, 0.2) is 41.4 Å². The first-order valence-corrected chi connectivity index (χ1v) is 9.72. The maximum absolute atomic E-state index is 13.8. The van der Waals surface area contributed by atoms with Crippen LogP contribution in [0.5, 0.6) is 0 Å². The molecule has 2 atom stereocenters. The Bertz CT molecular complexity index is 958. The summed E-state index contributed by atoms with van der Waals surface area (Å²) in [7, 11) is 0. The van der Waals surface area contributed by atoms with Crippen molar-refractivity contribution in [3.63, 3.8) is 0 Å². The lowest BCUT2D eigenvalue weighted by Crippen LogP contribution is -2.60. The summed E-state index contributed by atoms with van der Waals surface area (Å²) in [5.74, 6) is -3.14. The molecule has 2 N–H and O–H groups in total. The number of carbonyl (C=O) groups is 3. The zero-order valence-electron chi connectivity index (χ0n) is 17.1. The van der Waals surface area contributed by atoms with Crippen molar-refractivity contribution in [2.24, 2.45) is 0 Å². The fourth-order valence-corrected chi connectivity index (χ4v) is 3.59. The van der Waals surface area contributed by atoms with Gasteiger partial charge in [-0.3, -0.25) is 14.4 Å². The van der Waals surface area contributed by atoms with E-state index in [0.29, 0.717) is 25.4 Å². The first-order chi connectivity index (χ1) is 14.7. The number of allylic oxidation sites excluding steroid dienone is 1. The normalized spacial score (nSPS) is 23.4. The highest BCUT2D eigenvalue weighted by molar-refractivity contribution is 6.10. The molecule has 1 aromatic carbocycles. The van der Waals surface area contributed by atoms with Crippen molar-refractivity contribution in [3.8, 4) is 0 Å². The summed E-state index contributed by atoms with van der Waals surface area (Å²) in [6.45, 7) is 3.51. The molecule has 3 rings (SSSR count). The second-order valence-corrected chi connectivity index (χ2v) is 7.38. The van der Waals surface area contributed by atoms with Crippen LogP contribution in [-0.2, 0) is 25.7 Å². The highest BCUT2D eigenvalue weighted by atomic mass is 19.1. The Balaban J connectivity index is 1.80. The van der Waals surface area contributed by atoms with Gasteiger partial charge in [-0.1, -0.05) is 6.07 Å². The Morgan fingerprint density at radius 3 is 2.77 bits per heavy atom. The molecule has 166 valence electrons. The number of benzene rings is 1. The van der Waals surface area contributed by atoms with E-state index in [1.165, 1.54) is 22.8 Å². The number of piperazine rings is 1. The maximum Gasteiger partial charge on any atom is 0.276 e. The molecule has 2 fully saturated rings. The van der Waals surface area contributed by atoms with Gasteiger partial charge in [0.05, 0.1) is 18.7 Å². The summed E-state index contributed by atoms with van der Waals surface area (Å²) in [6.07, 6.45) is 1.50. The van der Waals surface area contributed by atoms with Crippen LogP contribution in [0.25, 0.3) is 0 Å². The predicted molar refractivity (Wildman–Crippen MR) is 105 cm³/mol. The van der Waals surface area contributed by atoms with Gasteiger partial charge >= 0.3 is 0 Å². The van der Waals surface area contributed by atoms with Crippen LogP contribution in [0.4, 0.5) is 8.78 Å². The Labute approximate surface area is 177 Å². The van der Waals surface area contributed by atoms with Crippen molar-refractivity contribution in [1.82, 2.24) is 15.1 Å². The molecule has 1 unspecified atom stereocenters. The summed E-state index contributed by atoms with van der Waals surface area (Å²) in [5.41, 5.74) is -0.364. The average Bonchev–Trinajstić information content (AvgIpc) is 2.70. The van der Waals surface area contributed by atoms with Crippen molar-refractivity contribution in [2.45, 2.75) is 39.1 Å². The van der Waals surface area contributed by atoms with E-state index in [4.69, 9.17) is 4.74 Å². The van der Waals surface area contributed by atoms with Crippen LogP contribution in [-0.4, -0.2) is 58.4 Å². The molecule has 1 aromatic rings. The molecule has 0 spiro atoms. The van der Waals surface area contributed by atoms with Crippen molar-refractivity contribution in [2.75, 3.05) is 13.2 Å². The molecule has 2 saturated heterocycles. The van der Waals surface area contributed by atoms with Crippen molar-refractivity contribution in [3.05, 3.63) is 58.6 Å². The quantitative estimate of drug-likeness (QED) is 0.240. The molecule has 2 aliphatic heterocycles. The Hall–Kier alpha value is -3.27. The summed E-state index contributed by atoms with van der Waals surface area (Å²) in [5, 5.41) is 12.5. The van der Waals surface area contributed by atoms with Crippen LogP contribution in [0.1, 0.15) is 25.8 Å². The number of fused-ring (bicyclic) bond motifs is 1. The molecule has 8 nitrogen and oxygen atoms in total. The summed E-state index contributed by atoms with van der Waals surface area (Å²) < 4.78 is 32.4. The number of rotatable bonds is 5. The van der Waals surface area contributed by atoms with Gasteiger partial charge in [-0.15, -0.1) is 0 Å². The zero-order valence-corrected chi connectivity index (χ0v) is 17.1. The van der Waals surface area contributed by atoms with Gasteiger partial charge in [-0.25, -0.2) is 8.78 Å². The molecule has 2 aliphatic rings. The van der Waals surface area contributed by atoms with Gasteiger partial charge in [-0.2, -0.15) is 0 Å². The SMILES string of the molecule is C/C(O)=C1/C(=O)N2C(CN1/C=C(\C=O)C(=O)NCc1ccc(F)cc1F)OCC[C@H]2C. The van der Waals surface area contributed by atoms with Gasteiger partial charge in [-0.05, 0) is 26.3 Å². The Morgan fingerprint density at radius 1 is 1.39 bits per heavy atom. The largest absolute Gasteiger partial charge is 0.510 e. The van der Waals surface area contributed by atoms with Crippen LogP contribution < -0.4 is 5.32 Å².